The van der Waals surface area contributed by atoms with Gasteiger partial charge in [-0.05, 0) is 80.8 Å². The van der Waals surface area contributed by atoms with E-state index >= 15 is 0 Å². The zero-order chi connectivity index (χ0) is 31.9. The van der Waals surface area contributed by atoms with Crippen LogP contribution in [0.1, 0.15) is 36.1 Å². The molecule has 0 saturated heterocycles. The van der Waals surface area contributed by atoms with Crippen molar-refractivity contribution in [1.82, 2.24) is 10.2 Å². The predicted molar refractivity (Wildman–Crippen MR) is 179 cm³/mol. The minimum Gasteiger partial charge on any atom is -0.352 e. The molecule has 4 aromatic rings. The molecule has 9 heteroatoms. The zero-order valence-corrected chi connectivity index (χ0v) is 27.8. The first-order chi connectivity index (χ1) is 21.0. The number of carbonyl (C=O) groups excluding carboxylic acids is 2. The smallest absolute Gasteiger partial charge is 0.264 e. The normalized spacial score (nSPS) is 12.0. The van der Waals surface area contributed by atoms with Crippen LogP contribution in [-0.4, -0.2) is 43.8 Å². The van der Waals surface area contributed by atoms with Crippen molar-refractivity contribution in [3.8, 4) is 0 Å². The lowest BCUT2D eigenvalue weighted by Crippen LogP contribution is -2.54. The molecule has 0 spiro atoms. The van der Waals surface area contributed by atoms with Gasteiger partial charge in [0.1, 0.15) is 12.6 Å². The van der Waals surface area contributed by atoms with Crippen LogP contribution < -0.4 is 9.62 Å². The van der Waals surface area contributed by atoms with E-state index in [2.05, 4.69) is 21.2 Å². The lowest BCUT2D eigenvalue weighted by molar-refractivity contribution is -0.140. The van der Waals surface area contributed by atoms with Gasteiger partial charge in [-0.3, -0.25) is 13.9 Å². The topological polar surface area (TPSA) is 86.8 Å². The summed E-state index contributed by atoms with van der Waals surface area (Å²) in [6.07, 6.45) is 0.264. The van der Waals surface area contributed by atoms with Gasteiger partial charge in [0.15, 0.2) is 0 Å². The molecule has 4 rings (SSSR count). The number of nitrogens with zero attached hydrogens (tertiary/aromatic N) is 2. The van der Waals surface area contributed by atoms with Gasteiger partial charge in [0.2, 0.25) is 11.8 Å². The van der Waals surface area contributed by atoms with Crippen molar-refractivity contribution >= 4 is 43.5 Å². The summed E-state index contributed by atoms with van der Waals surface area (Å²) >= 11 is 3.41. The Kier molecular flexibility index (Phi) is 11.0. The van der Waals surface area contributed by atoms with Gasteiger partial charge in [-0.15, -0.1) is 0 Å². The molecule has 0 aliphatic rings. The van der Waals surface area contributed by atoms with E-state index in [4.69, 9.17) is 0 Å². The molecule has 0 saturated carbocycles. The van der Waals surface area contributed by atoms with E-state index < -0.39 is 28.5 Å². The highest BCUT2D eigenvalue weighted by Crippen LogP contribution is 2.27. The maximum Gasteiger partial charge on any atom is 0.264 e. The van der Waals surface area contributed by atoms with Gasteiger partial charge in [0, 0.05) is 23.5 Å². The molecular weight excluding hydrogens is 638 g/mol. The number of carbonyl (C=O) groups is 2. The SMILES string of the molecule is Cc1ccc(S(=O)(=O)N(CC(=O)N(Cc2ccccc2C)C(Cc2ccccc2)C(=O)NC(C)C)c2ccc(Br)cc2)cc1. The molecule has 230 valence electrons. The van der Waals surface area contributed by atoms with Crippen LogP contribution in [0.5, 0.6) is 0 Å². The molecule has 0 aliphatic carbocycles. The number of halogens is 1. The number of benzene rings is 4. The highest BCUT2D eigenvalue weighted by molar-refractivity contribution is 9.10. The van der Waals surface area contributed by atoms with Gasteiger partial charge < -0.3 is 10.2 Å². The first-order valence-corrected chi connectivity index (χ1v) is 16.7. The minimum absolute atomic E-state index is 0.0719. The highest BCUT2D eigenvalue weighted by Gasteiger charge is 2.35. The number of hydrogen-bond donors (Lipinski definition) is 1. The number of sulfonamides is 1. The third-order valence-corrected chi connectivity index (χ3v) is 9.62. The third kappa shape index (κ3) is 8.36. The Labute approximate surface area is 269 Å². The first kappa shape index (κ1) is 33.0. The second kappa shape index (κ2) is 14.7. The van der Waals surface area contributed by atoms with Crippen LogP contribution >= 0.6 is 15.9 Å². The van der Waals surface area contributed by atoms with Gasteiger partial charge in [-0.25, -0.2) is 8.42 Å². The van der Waals surface area contributed by atoms with E-state index in [0.717, 1.165) is 31.0 Å². The minimum atomic E-state index is -4.15. The van der Waals surface area contributed by atoms with Gasteiger partial charge in [-0.1, -0.05) is 88.2 Å². The maximum atomic E-state index is 14.5. The summed E-state index contributed by atoms with van der Waals surface area (Å²) in [6.45, 7) is 7.21. The molecule has 0 heterocycles. The largest absolute Gasteiger partial charge is 0.352 e. The molecule has 0 bridgehead atoms. The van der Waals surface area contributed by atoms with Gasteiger partial charge in [-0.2, -0.15) is 0 Å². The van der Waals surface area contributed by atoms with Gasteiger partial charge >= 0.3 is 0 Å². The fraction of sp³-hybridized carbons (Fsp3) is 0.257. The van der Waals surface area contributed by atoms with Crippen molar-refractivity contribution in [3.63, 3.8) is 0 Å². The Hall–Kier alpha value is -3.95. The summed E-state index contributed by atoms with van der Waals surface area (Å²) in [5, 5.41) is 2.98. The van der Waals surface area contributed by atoms with E-state index in [1.54, 1.807) is 48.5 Å². The van der Waals surface area contributed by atoms with E-state index in [-0.39, 0.29) is 29.8 Å². The number of aryl methyl sites for hydroxylation is 2. The second-order valence-corrected chi connectivity index (χ2v) is 13.9. The standard InChI is InChI=1S/C35H38BrN3O4S/c1-25(2)37-35(41)33(22-28-11-6-5-7-12-28)38(23-29-13-9-8-10-27(29)4)34(40)24-39(31-18-16-30(36)17-19-31)44(42,43)32-20-14-26(3)15-21-32/h5-21,25,33H,22-24H2,1-4H3,(H,37,41). The van der Waals surface area contributed by atoms with Gasteiger partial charge in [0.05, 0.1) is 10.6 Å². The van der Waals surface area contributed by atoms with E-state index in [1.165, 1.54) is 4.90 Å². The van der Waals surface area contributed by atoms with Crippen molar-refractivity contribution in [2.75, 3.05) is 10.8 Å². The van der Waals surface area contributed by atoms with Gasteiger partial charge in [0.25, 0.3) is 10.0 Å². The van der Waals surface area contributed by atoms with Crippen LogP contribution in [-0.2, 0) is 32.6 Å². The Morgan fingerprint density at radius 3 is 2.05 bits per heavy atom. The molecule has 0 aliphatic heterocycles. The van der Waals surface area contributed by atoms with Crippen LogP contribution in [0.15, 0.2) is 112 Å². The van der Waals surface area contributed by atoms with Crippen molar-refractivity contribution in [3.05, 3.63) is 130 Å². The highest BCUT2D eigenvalue weighted by atomic mass is 79.9. The molecule has 7 nitrogen and oxygen atoms in total. The molecule has 1 unspecified atom stereocenters. The van der Waals surface area contributed by atoms with Crippen LogP contribution in [0.4, 0.5) is 5.69 Å². The van der Waals surface area contributed by atoms with Crippen LogP contribution in [0, 0.1) is 13.8 Å². The summed E-state index contributed by atoms with van der Waals surface area (Å²) in [5.74, 6) is -0.797. The monoisotopic (exact) mass is 675 g/mol. The predicted octanol–water partition coefficient (Wildman–Crippen LogP) is 6.43. The molecule has 0 radical (unpaired) electrons. The first-order valence-electron chi connectivity index (χ1n) is 14.5. The maximum absolute atomic E-state index is 14.5. The molecule has 0 aromatic heterocycles. The Morgan fingerprint density at radius 1 is 0.818 bits per heavy atom. The quantitative estimate of drug-likeness (QED) is 0.188. The number of hydrogen-bond acceptors (Lipinski definition) is 4. The average molecular weight is 677 g/mol. The summed E-state index contributed by atoms with van der Waals surface area (Å²) < 4.78 is 30.1. The lowest BCUT2D eigenvalue weighted by atomic mass is 10.0. The second-order valence-electron chi connectivity index (χ2n) is 11.1. The Morgan fingerprint density at radius 2 is 1.43 bits per heavy atom. The van der Waals surface area contributed by atoms with E-state index in [1.807, 2.05) is 82.3 Å². The fourth-order valence-corrected chi connectivity index (χ4v) is 6.56. The molecule has 44 heavy (non-hydrogen) atoms. The van der Waals surface area contributed by atoms with Crippen molar-refractivity contribution in [2.24, 2.45) is 0 Å². The number of nitrogens with one attached hydrogen (secondary N) is 1. The lowest BCUT2D eigenvalue weighted by Gasteiger charge is -2.34. The van der Waals surface area contributed by atoms with Crippen molar-refractivity contribution in [1.29, 1.82) is 0 Å². The van der Waals surface area contributed by atoms with Crippen LogP contribution in [0.2, 0.25) is 0 Å². The average Bonchev–Trinajstić information content (AvgIpc) is 2.99. The number of anilines is 1. The summed E-state index contributed by atoms with van der Waals surface area (Å²) in [7, 11) is -4.15. The molecular formula is C35H38BrN3O4S. The summed E-state index contributed by atoms with van der Waals surface area (Å²) in [5.41, 5.74) is 3.97. The molecule has 1 N–H and O–H groups in total. The van der Waals surface area contributed by atoms with Crippen LogP contribution in [0.3, 0.4) is 0 Å². The van der Waals surface area contributed by atoms with E-state index in [9.17, 15) is 18.0 Å². The zero-order valence-electron chi connectivity index (χ0n) is 25.4. The van der Waals surface area contributed by atoms with Crippen molar-refractivity contribution in [2.45, 2.75) is 57.6 Å². The van der Waals surface area contributed by atoms with Crippen LogP contribution in [0.25, 0.3) is 0 Å². The Bertz CT molecular complexity index is 1680. The fourth-order valence-electron chi connectivity index (χ4n) is 4.88. The van der Waals surface area contributed by atoms with Crippen molar-refractivity contribution < 1.29 is 18.0 Å². The molecule has 4 aromatic carbocycles. The van der Waals surface area contributed by atoms with E-state index in [0.29, 0.717) is 5.69 Å². The number of amides is 2. The molecule has 2 amide bonds. The summed E-state index contributed by atoms with van der Waals surface area (Å²) in [6, 6.07) is 29.5. The third-order valence-electron chi connectivity index (χ3n) is 7.31. The molecule has 0 fully saturated rings. The number of rotatable bonds is 12. The summed E-state index contributed by atoms with van der Waals surface area (Å²) in [4.78, 5) is 29.9. The Balaban J connectivity index is 1.81. The molecule has 1 atom stereocenters.